The molecule has 0 spiro atoms. The molecule has 5 heteroatoms. The molecule has 0 aliphatic heterocycles. The van der Waals surface area contributed by atoms with Crippen LogP contribution in [0.15, 0.2) is 30.5 Å². The molecule has 0 bridgehead atoms. The van der Waals surface area contributed by atoms with Crippen molar-refractivity contribution in [1.82, 2.24) is 10.2 Å². The topological polar surface area (TPSA) is 55.0 Å². The molecule has 18 heavy (non-hydrogen) atoms. The Morgan fingerprint density at radius 2 is 2.11 bits per heavy atom. The number of benzene rings is 1. The maximum atomic E-state index is 6.14. The molecular formula is C13H15ClN4. The number of nitrogen functional groups attached to an aromatic ring is 1. The molecule has 1 heterocycles. The summed E-state index contributed by atoms with van der Waals surface area (Å²) in [7, 11) is 1.95. The van der Waals surface area contributed by atoms with E-state index < -0.39 is 0 Å². The lowest BCUT2D eigenvalue weighted by atomic mass is 10.2. The van der Waals surface area contributed by atoms with Gasteiger partial charge in [0.2, 0.25) is 0 Å². The van der Waals surface area contributed by atoms with Crippen molar-refractivity contribution < 1.29 is 0 Å². The quantitative estimate of drug-likeness (QED) is 0.864. The Labute approximate surface area is 111 Å². The average Bonchev–Trinajstić information content (AvgIpc) is 2.34. The molecule has 0 aliphatic carbocycles. The Morgan fingerprint density at radius 3 is 2.83 bits per heavy atom. The molecule has 0 saturated heterocycles. The number of nitrogens with zero attached hydrogens (tertiary/aromatic N) is 3. The maximum absolute atomic E-state index is 6.14. The van der Waals surface area contributed by atoms with Crippen LogP contribution in [0, 0.1) is 6.92 Å². The highest BCUT2D eigenvalue weighted by Gasteiger charge is 2.07. The van der Waals surface area contributed by atoms with Gasteiger partial charge in [0.1, 0.15) is 0 Å². The highest BCUT2D eigenvalue weighted by atomic mass is 35.5. The van der Waals surface area contributed by atoms with Crippen molar-refractivity contribution in [2.24, 2.45) is 0 Å². The summed E-state index contributed by atoms with van der Waals surface area (Å²) in [4.78, 5) is 1.99. The van der Waals surface area contributed by atoms with Crippen LogP contribution in [-0.2, 0) is 6.54 Å². The van der Waals surface area contributed by atoms with E-state index in [2.05, 4.69) is 10.2 Å². The summed E-state index contributed by atoms with van der Waals surface area (Å²) in [5.41, 5.74) is 8.52. The van der Waals surface area contributed by atoms with Crippen molar-refractivity contribution in [3.63, 3.8) is 0 Å². The molecule has 0 unspecified atom stereocenters. The van der Waals surface area contributed by atoms with E-state index in [1.807, 2.05) is 37.1 Å². The lowest BCUT2D eigenvalue weighted by Gasteiger charge is -2.18. The van der Waals surface area contributed by atoms with Gasteiger partial charge in [-0.1, -0.05) is 11.6 Å². The van der Waals surface area contributed by atoms with Gasteiger partial charge in [-0.2, -0.15) is 5.10 Å². The van der Waals surface area contributed by atoms with Gasteiger partial charge in [-0.05, 0) is 42.3 Å². The van der Waals surface area contributed by atoms with Gasteiger partial charge in [0, 0.05) is 24.3 Å². The molecule has 4 nitrogen and oxygen atoms in total. The normalized spacial score (nSPS) is 10.4. The molecule has 0 amide bonds. The molecule has 2 aromatic rings. The third kappa shape index (κ3) is 2.90. The fourth-order valence-corrected chi connectivity index (χ4v) is 1.87. The van der Waals surface area contributed by atoms with Crippen molar-refractivity contribution in [2.45, 2.75) is 13.5 Å². The van der Waals surface area contributed by atoms with Gasteiger partial charge in [-0.3, -0.25) is 0 Å². The van der Waals surface area contributed by atoms with E-state index in [0.29, 0.717) is 17.3 Å². The van der Waals surface area contributed by atoms with Crippen LogP contribution < -0.4 is 10.6 Å². The molecule has 0 saturated carbocycles. The van der Waals surface area contributed by atoms with Crippen molar-refractivity contribution in [3.8, 4) is 0 Å². The minimum absolute atomic E-state index is 0.641. The van der Waals surface area contributed by atoms with Crippen LogP contribution in [0.3, 0.4) is 0 Å². The van der Waals surface area contributed by atoms with Crippen molar-refractivity contribution in [1.29, 1.82) is 0 Å². The standard InChI is InChI=1S/C13H15ClN4/c1-9-5-13(17-16-7-9)18(2)8-10-6-11(15)3-4-12(10)14/h3-7H,8,15H2,1-2H3. The summed E-state index contributed by atoms with van der Waals surface area (Å²) in [5.74, 6) is 0.813. The highest BCUT2D eigenvalue weighted by molar-refractivity contribution is 6.31. The lowest BCUT2D eigenvalue weighted by molar-refractivity contribution is 0.863. The Kier molecular flexibility index (Phi) is 3.67. The van der Waals surface area contributed by atoms with E-state index in [9.17, 15) is 0 Å². The van der Waals surface area contributed by atoms with E-state index in [0.717, 1.165) is 16.9 Å². The number of aryl methyl sites for hydroxylation is 1. The molecule has 2 N–H and O–H groups in total. The van der Waals surface area contributed by atoms with Gasteiger partial charge >= 0.3 is 0 Å². The lowest BCUT2D eigenvalue weighted by Crippen LogP contribution is -2.18. The predicted molar refractivity (Wildman–Crippen MR) is 74.7 cm³/mol. The molecule has 1 aromatic heterocycles. The van der Waals surface area contributed by atoms with Crippen molar-refractivity contribution in [3.05, 3.63) is 46.6 Å². The molecule has 2 rings (SSSR count). The fraction of sp³-hybridized carbons (Fsp3) is 0.231. The first-order chi connectivity index (χ1) is 8.56. The van der Waals surface area contributed by atoms with E-state index in [-0.39, 0.29) is 0 Å². The second-order valence-corrected chi connectivity index (χ2v) is 4.71. The Hall–Kier alpha value is -1.81. The minimum atomic E-state index is 0.641. The van der Waals surface area contributed by atoms with Gasteiger partial charge < -0.3 is 10.6 Å². The van der Waals surface area contributed by atoms with Gasteiger partial charge in [-0.15, -0.1) is 5.10 Å². The zero-order chi connectivity index (χ0) is 13.1. The zero-order valence-corrected chi connectivity index (χ0v) is 11.1. The first-order valence-corrected chi connectivity index (χ1v) is 5.98. The first-order valence-electron chi connectivity index (χ1n) is 5.60. The third-order valence-electron chi connectivity index (χ3n) is 2.65. The number of nitrogens with two attached hydrogens (primary N) is 1. The van der Waals surface area contributed by atoms with Crippen LogP contribution >= 0.6 is 11.6 Å². The summed E-state index contributed by atoms with van der Waals surface area (Å²) in [6.45, 7) is 2.63. The smallest absolute Gasteiger partial charge is 0.151 e. The van der Waals surface area contributed by atoms with Gasteiger partial charge in [0.15, 0.2) is 5.82 Å². The number of rotatable bonds is 3. The van der Waals surface area contributed by atoms with E-state index in [1.54, 1.807) is 12.3 Å². The Bertz CT molecular complexity index is 556. The number of hydrogen-bond donors (Lipinski definition) is 1. The Morgan fingerprint density at radius 1 is 1.33 bits per heavy atom. The summed E-state index contributed by atoms with van der Waals surface area (Å²) >= 11 is 6.14. The van der Waals surface area contributed by atoms with Gasteiger partial charge in [-0.25, -0.2) is 0 Å². The van der Waals surface area contributed by atoms with Crippen LogP contribution in [-0.4, -0.2) is 17.2 Å². The predicted octanol–water partition coefficient (Wildman–Crippen LogP) is 2.66. The molecule has 1 aromatic carbocycles. The molecule has 0 fully saturated rings. The van der Waals surface area contributed by atoms with Crippen LogP contribution in [0.4, 0.5) is 11.5 Å². The third-order valence-corrected chi connectivity index (χ3v) is 3.02. The highest BCUT2D eigenvalue weighted by Crippen LogP contribution is 2.22. The van der Waals surface area contributed by atoms with Gasteiger partial charge in [0.25, 0.3) is 0 Å². The van der Waals surface area contributed by atoms with E-state index >= 15 is 0 Å². The van der Waals surface area contributed by atoms with Crippen molar-refractivity contribution >= 4 is 23.1 Å². The number of anilines is 2. The summed E-state index contributed by atoms with van der Waals surface area (Å²) in [6.07, 6.45) is 1.73. The minimum Gasteiger partial charge on any atom is -0.399 e. The second kappa shape index (κ2) is 5.23. The Balaban J connectivity index is 2.21. The van der Waals surface area contributed by atoms with Crippen LogP contribution in [0.1, 0.15) is 11.1 Å². The number of hydrogen-bond acceptors (Lipinski definition) is 4. The average molecular weight is 263 g/mol. The number of halogens is 1. The molecule has 0 radical (unpaired) electrons. The van der Waals surface area contributed by atoms with E-state index in [4.69, 9.17) is 17.3 Å². The van der Waals surface area contributed by atoms with E-state index in [1.165, 1.54) is 0 Å². The van der Waals surface area contributed by atoms with Gasteiger partial charge in [0.05, 0.1) is 6.20 Å². The second-order valence-electron chi connectivity index (χ2n) is 4.30. The van der Waals surface area contributed by atoms with Crippen LogP contribution in [0.5, 0.6) is 0 Å². The molecule has 0 aliphatic rings. The molecule has 0 atom stereocenters. The SMILES string of the molecule is Cc1cnnc(N(C)Cc2cc(N)ccc2Cl)c1. The maximum Gasteiger partial charge on any atom is 0.151 e. The molecular weight excluding hydrogens is 248 g/mol. The van der Waals surface area contributed by atoms with Crippen molar-refractivity contribution in [2.75, 3.05) is 17.7 Å². The van der Waals surface area contributed by atoms with Crippen LogP contribution in [0.25, 0.3) is 0 Å². The summed E-state index contributed by atoms with van der Waals surface area (Å²) in [5, 5.41) is 8.73. The first kappa shape index (κ1) is 12.6. The molecule has 94 valence electrons. The largest absolute Gasteiger partial charge is 0.399 e. The monoisotopic (exact) mass is 262 g/mol. The summed E-state index contributed by atoms with van der Waals surface area (Å²) in [6, 6.07) is 7.45. The summed E-state index contributed by atoms with van der Waals surface area (Å²) < 4.78 is 0. The fourth-order valence-electron chi connectivity index (χ4n) is 1.69. The zero-order valence-electron chi connectivity index (χ0n) is 10.4. The number of aromatic nitrogens is 2. The van der Waals surface area contributed by atoms with Crippen LogP contribution in [0.2, 0.25) is 5.02 Å².